The van der Waals surface area contributed by atoms with Crippen LogP contribution in [0.25, 0.3) is 50.3 Å². The normalized spacial score (nSPS) is 15.4. The van der Waals surface area contributed by atoms with Gasteiger partial charge in [0.15, 0.2) is 0 Å². The number of aliphatic imine (C=N–C) groups is 1. The lowest BCUT2D eigenvalue weighted by Crippen LogP contribution is -2.11. The van der Waals surface area contributed by atoms with E-state index >= 15 is 0 Å². The fourth-order valence-electron chi connectivity index (χ4n) is 6.68. The highest BCUT2D eigenvalue weighted by Gasteiger charge is 2.40. The van der Waals surface area contributed by atoms with Crippen LogP contribution in [-0.4, -0.2) is 15.7 Å². The molecule has 0 fully saturated rings. The van der Waals surface area contributed by atoms with E-state index in [0.29, 0.717) is 58.6 Å². The van der Waals surface area contributed by atoms with Crippen LogP contribution in [0.2, 0.25) is 0 Å². The van der Waals surface area contributed by atoms with Gasteiger partial charge in [0.25, 0.3) is 0 Å². The quantitative estimate of drug-likeness (QED) is 0.133. The topological polar surface area (TPSA) is 61.9 Å². The van der Waals surface area contributed by atoms with Gasteiger partial charge in [-0.25, -0.2) is 9.97 Å². The Labute approximate surface area is 303 Å². The summed E-state index contributed by atoms with van der Waals surface area (Å²) in [5, 5.41) is 9.61. The summed E-state index contributed by atoms with van der Waals surface area (Å²) in [7, 11) is 0. The highest BCUT2D eigenvalue weighted by atomic mass is 19.4. The molecule has 5 aromatic rings. The Morgan fingerprint density at radius 2 is 0.927 bits per heavy atom. The summed E-state index contributed by atoms with van der Waals surface area (Å²) in [6, 6.07) is 10.7. The summed E-state index contributed by atoms with van der Waals surface area (Å²) >= 11 is 0. The lowest BCUT2D eigenvalue weighted by molar-refractivity contribution is -0.144. The maximum atomic E-state index is 13.7. The molecule has 0 saturated carbocycles. The molecule has 0 aliphatic heterocycles. The summed E-state index contributed by atoms with van der Waals surface area (Å²) in [5.41, 5.74) is -3.53. The molecule has 280 valence electrons. The van der Waals surface area contributed by atoms with Crippen molar-refractivity contribution in [3.05, 3.63) is 123 Å². The van der Waals surface area contributed by atoms with Gasteiger partial charge in [0.1, 0.15) is 11.4 Å². The maximum Gasteiger partial charge on any atom is 0.416 e. The molecule has 0 atom stereocenters. The summed E-state index contributed by atoms with van der Waals surface area (Å²) in [4.78, 5) is 13.5. The number of hydrogen-bond acceptors (Lipinski definition) is 4. The van der Waals surface area contributed by atoms with Gasteiger partial charge in [-0.1, -0.05) is 36.8 Å². The number of fused-ring (bicyclic) bond motifs is 6. The van der Waals surface area contributed by atoms with Gasteiger partial charge in [-0.3, -0.25) is 0 Å². The van der Waals surface area contributed by atoms with Crippen LogP contribution in [0, 0.1) is 11.5 Å². The van der Waals surface area contributed by atoms with E-state index in [-0.39, 0.29) is 57.2 Å². The molecule has 7 rings (SSSR count). The van der Waals surface area contributed by atoms with Gasteiger partial charge in [-0.2, -0.15) is 62.9 Å². The molecular formula is C39H20F12N4. The van der Waals surface area contributed by atoms with E-state index in [9.17, 15) is 57.9 Å². The van der Waals surface area contributed by atoms with Crippen LogP contribution in [0.15, 0.2) is 83.4 Å². The molecule has 0 amide bonds. The minimum Gasteiger partial charge on any atom is -0.243 e. The fourth-order valence-corrected chi connectivity index (χ4v) is 6.68. The maximum absolute atomic E-state index is 13.7. The zero-order valence-corrected chi connectivity index (χ0v) is 28.0. The number of allylic oxidation sites excluding steroid dienone is 1. The van der Waals surface area contributed by atoms with E-state index in [2.05, 4.69) is 4.99 Å². The lowest BCUT2D eigenvalue weighted by Gasteiger charge is -2.15. The second-order valence-corrected chi connectivity index (χ2v) is 12.8. The van der Waals surface area contributed by atoms with Crippen molar-refractivity contribution >= 4 is 11.3 Å². The standard InChI is InChI=1S/C39H20F12N4/c1-3-17(2)30-28-12-18(20-8-22(36(40,41)42)14-23(9-20)37(43,44)45)4-6-26(28)32-34(30)54-33-27-7-5-19(13-29(27)31(53-16-52)35(33)55-32)21-10-24(38(46,47)48)15-25(11-21)39(49,50)51/h4-15H,3H2,1-2H3/b30-17-,53-31?. The lowest BCUT2D eigenvalue weighted by atomic mass is 9.93. The fraction of sp³-hybridized carbons (Fsp3) is 0.179. The Balaban J connectivity index is 1.38. The van der Waals surface area contributed by atoms with E-state index in [1.807, 2.05) is 6.92 Å². The molecule has 0 radical (unpaired) electrons. The first-order valence-corrected chi connectivity index (χ1v) is 16.1. The Morgan fingerprint density at radius 3 is 1.35 bits per heavy atom. The Morgan fingerprint density at radius 1 is 0.527 bits per heavy atom. The predicted octanol–water partition coefficient (Wildman–Crippen LogP) is 12.4. The summed E-state index contributed by atoms with van der Waals surface area (Å²) in [5.74, 6) is 0. The zero-order chi connectivity index (χ0) is 40.0. The first kappa shape index (κ1) is 37.3. The van der Waals surface area contributed by atoms with Crippen LogP contribution in [0.1, 0.15) is 65.0 Å². The summed E-state index contributed by atoms with van der Waals surface area (Å²) in [6.45, 7) is 3.58. The van der Waals surface area contributed by atoms with Crippen LogP contribution >= 0.6 is 0 Å². The average molecular weight is 773 g/mol. The molecule has 0 spiro atoms. The average Bonchev–Trinajstić information content (AvgIpc) is 3.59. The van der Waals surface area contributed by atoms with Gasteiger partial charge in [-0.05, 0) is 89.7 Å². The van der Waals surface area contributed by atoms with Gasteiger partial charge < -0.3 is 0 Å². The number of alkyl halides is 12. The van der Waals surface area contributed by atoms with Crippen LogP contribution in [0.5, 0.6) is 0 Å². The largest absolute Gasteiger partial charge is 0.416 e. The van der Waals surface area contributed by atoms with Crippen molar-refractivity contribution < 1.29 is 52.7 Å². The number of aromatic nitrogens is 2. The molecule has 1 heterocycles. The number of nitriles is 1. The number of rotatable bonds is 3. The van der Waals surface area contributed by atoms with Crippen LogP contribution < -0.4 is 0 Å². The number of benzene rings is 4. The van der Waals surface area contributed by atoms with E-state index in [1.54, 1.807) is 13.1 Å². The molecular weight excluding hydrogens is 752 g/mol. The van der Waals surface area contributed by atoms with Crippen LogP contribution in [-0.2, 0) is 24.7 Å². The van der Waals surface area contributed by atoms with Crippen molar-refractivity contribution in [3.63, 3.8) is 0 Å². The molecule has 2 aliphatic carbocycles. The van der Waals surface area contributed by atoms with Crippen molar-refractivity contribution in [1.29, 1.82) is 5.26 Å². The number of nitrogens with zero attached hydrogens (tertiary/aromatic N) is 4. The van der Waals surface area contributed by atoms with E-state index in [1.165, 1.54) is 36.4 Å². The SMILES string of the molecule is CC/C(C)=C1/c2cc(-c3cc(C(F)(F)F)cc(C(F)(F)F)c3)ccc2-c2nc3c(nc21)-c1ccc(-c2cc(C(F)(F)F)cc(C(F)(F)F)c2)cc1C3=NC#N. The second kappa shape index (κ2) is 12.5. The molecule has 0 saturated heterocycles. The van der Waals surface area contributed by atoms with Crippen LogP contribution in [0.3, 0.4) is 0 Å². The molecule has 4 nitrogen and oxygen atoms in total. The van der Waals surface area contributed by atoms with Gasteiger partial charge >= 0.3 is 24.7 Å². The molecule has 0 N–H and O–H groups in total. The second-order valence-electron chi connectivity index (χ2n) is 12.8. The summed E-state index contributed by atoms with van der Waals surface area (Å²) in [6.07, 6.45) is -18.2. The third kappa shape index (κ3) is 6.51. The zero-order valence-electron chi connectivity index (χ0n) is 28.0. The molecule has 16 heteroatoms. The molecule has 0 unspecified atom stereocenters. The van der Waals surface area contributed by atoms with Crippen molar-refractivity contribution in [1.82, 2.24) is 9.97 Å². The van der Waals surface area contributed by atoms with Crippen molar-refractivity contribution in [2.24, 2.45) is 4.99 Å². The van der Waals surface area contributed by atoms with Gasteiger partial charge in [0, 0.05) is 22.3 Å². The summed E-state index contributed by atoms with van der Waals surface area (Å²) < 4.78 is 164. The molecule has 2 aliphatic rings. The van der Waals surface area contributed by atoms with E-state index < -0.39 is 52.5 Å². The minimum atomic E-state index is -5.09. The monoisotopic (exact) mass is 772 g/mol. The Bertz CT molecular complexity index is 2480. The number of hydrogen-bond donors (Lipinski definition) is 0. The van der Waals surface area contributed by atoms with Crippen molar-refractivity contribution in [2.75, 3.05) is 0 Å². The highest BCUT2D eigenvalue weighted by molar-refractivity contribution is 6.24. The molecule has 0 bridgehead atoms. The van der Waals surface area contributed by atoms with Gasteiger partial charge in [0.2, 0.25) is 6.19 Å². The minimum absolute atomic E-state index is 0.00818. The van der Waals surface area contributed by atoms with Crippen LogP contribution in [0.4, 0.5) is 52.7 Å². The van der Waals surface area contributed by atoms with E-state index in [0.717, 1.165) is 5.57 Å². The van der Waals surface area contributed by atoms with Crippen molar-refractivity contribution in [3.8, 4) is 51.0 Å². The molecule has 55 heavy (non-hydrogen) atoms. The molecule has 1 aromatic heterocycles. The van der Waals surface area contributed by atoms with Gasteiger partial charge in [-0.15, -0.1) is 0 Å². The number of halogens is 12. The molecule has 4 aromatic carbocycles. The Kier molecular flexibility index (Phi) is 8.51. The smallest absolute Gasteiger partial charge is 0.243 e. The third-order valence-corrected chi connectivity index (χ3v) is 9.39. The highest BCUT2D eigenvalue weighted by Crippen LogP contribution is 2.50. The predicted molar refractivity (Wildman–Crippen MR) is 177 cm³/mol. The van der Waals surface area contributed by atoms with Gasteiger partial charge in [0.05, 0.1) is 39.3 Å². The Hall–Kier alpha value is -5.98. The van der Waals surface area contributed by atoms with E-state index in [4.69, 9.17) is 9.97 Å². The third-order valence-electron chi connectivity index (χ3n) is 9.39. The van der Waals surface area contributed by atoms with Crippen molar-refractivity contribution in [2.45, 2.75) is 45.0 Å². The first-order chi connectivity index (χ1) is 25.6. The first-order valence-electron chi connectivity index (χ1n) is 16.1.